The fraction of sp³-hybridized carbons (Fsp3) is 0.308. The Hall–Kier alpha value is -1.97. The van der Waals surface area contributed by atoms with Crippen LogP contribution in [0.25, 0.3) is 0 Å². The van der Waals surface area contributed by atoms with Crippen LogP contribution < -0.4 is 10.6 Å². The Labute approximate surface area is 101 Å². The monoisotopic (exact) mass is 228 g/mol. The van der Waals surface area contributed by atoms with E-state index < -0.39 is 0 Å². The number of nitrogens with two attached hydrogens (primary N) is 1. The van der Waals surface area contributed by atoms with Crippen LogP contribution in [0.4, 0.5) is 11.4 Å². The van der Waals surface area contributed by atoms with Gasteiger partial charge < -0.3 is 10.6 Å². The molecule has 0 aliphatic carbocycles. The number of fused-ring (bicyclic) bond motifs is 1. The van der Waals surface area contributed by atoms with Crippen molar-refractivity contribution in [2.24, 2.45) is 7.05 Å². The Morgan fingerprint density at radius 3 is 3.00 bits per heavy atom. The van der Waals surface area contributed by atoms with Crippen molar-refractivity contribution in [3.63, 3.8) is 0 Å². The summed E-state index contributed by atoms with van der Waals surface area (Å²) >= 11 is 0. The maximum absolute atomic E-state index is 5.80. The molecule has 0 spiro atoms. The SMILES string of the molecule is Cn1ccc(CN2CCc3cc(N)ccc32)n1. The zero-order chi connectivity index (χ0) is 11.8. The number of rotatable bonds is 2. The highest BCUT2D eigenvalue weighted by Crippen LogP contribution is 2.30. The maximum atomic E-state index is 5.80. The molecule has 0 amide bonds. The molecule has 0 radical (unpaired) electrons. The topological polar surface area (TPSA) is 47.1 Å². The summed E-state index contributed by atoms with van der Waals surface area (Å²) in [6.07, 6.45) is 3.06. The van der Waals surface area contributed by atoms with Crippen molar-refractivity contribution in [3.05, 3.63) is 41.7 Å². The van der Waals surface area contributed by atoms with Crippen LogP contribution >= 0.6 is 0 Å². The zero-order valence-electron chi connectivity index (χ0n) is 9.93. The molecule has 0 fully saturated rings. The van der Waals surface area contributed by atoms with E-state index in [0.29, 0.717) is 0 Å². The molecule has 88 valence electrons. The van der Waals surface area contributed by atoms with Crippen LogP contribution in [0.1, 0.15) is 11.3 Å². The molecule has 2 aromatic rings. The van der Waals surface area contributed by atoms with Crippen molar-refractivity contribution in [1.29, 1.82) is 0 Å². The molecular formula is C13H16N4. The highest BCUT2D eigenvalue weighted by atomic mass is 15.3. The second-order valence-corrected chi connectivity index (χ2v) is 4.54. The summed E-state index contributed by atoms with van der Waals surface area (Å²) in [5, 5.41) is 4.41. The van der Waals surface area contributed by atoms with Gasteiger partial charge >= 0.3 is 0 Å². The van der Waals surface area contributed by atoms with Crippen LogP contribution in [0.5, 0.6) is 0 Å². The van der Waals surface area contributed by atoms with Gasteiger partial charge in [-0.25, -0.2) is 0 Å². The van der Waals surface area contributed by atoms with Gasteiger partial charge in [-0.2, -0.15) is 5.10 Å². The Balaban J connectivity index is 1.84. The summed E-state index contributed by atoms with van der Waals surface area (Å²) in [6, 6.07) is 8.22. The first-order chi connectivity index (χ1) is 8.22. The van der Waals surface area contributed by atoms with Crippen molar-refractivity contribution < 1.29 is 0 Å². The van der Waals surface area contributed by atoms with E-state index in [-0.39, 0.29) is 0 Å². The molecule has 1 aliphatic heterocycles. The largest absolute Gasteiger partial charge is 0.399 e. The van der Waals surface area contributed by atoms with Gasteiger partial charge in [0.25, 0.3) is 0 Å². The molecule has 0 saturated carbocycles. The molecule has 2 N–H and O–H groups in total. The number of benzene rings is 1. The third kappa shape index (κ3) is 1.86. The van der Waals surface area contributed by atoms with Gasteiger partial charge in [-0.3, -0.25) is 4.68 Å². The van der Waals surface area contributed by atoms with Crippen LogP contribution in [0.15, 0.2) is 30.5 Å². The standard InChI is InChI=1S/C13H16N4/c1-16-6-5-12(15-16)9-17-7-4-10-8-11(14)2-3-13(10)17/h2-3,5-6,8H,4,7,9,14H2,1H3. The van der Waals surface area contributed by atoms with Crippen molar-refractivity contribution in [3.8, 4) is 0 Å². The smallest absolute Gasteiger partial charge is 0.0817 e. The number of hydrogen-bond acceptors (Lipinski definition) is 3. The van der Waals surface area contributed by atoms with Crippen LogP contribution in [-0.4, -0.2) is 16.3 Å². The second kappa shape index (κ2) is 3.80. The zero-order valence-corrected chi connectivity index (χ0v) is 9.93. The van der Waals surface area contributed by atoms with Crippen LogP contribution in [0, 0.1) is 0 Å². The van der Waals surface area contributed by atoms with E-state index in [9.17, 15) is 0 Å². The first-order valence-electron chi connectivity index (χ1n) is 5.84. The predicted octanol–water partition coefficient (Wildman–Crippen LogP) is 1.56. The average Bonchev–Trinajstić information content (AvgIpc) is 2.86. The van der Waals surface area contributed by atoms with Crippen molar-refractivity contribution >= 4 is 11.4 Å². The molecular weight excluding hydrogens is 212 g/mol. The molecule has 1 aromatic carbocycles. The van der Waals surface area contributed by atoms with Gasteiger partial charge in [0.05, 0.1) is 12.2 Å². The third-order valence-corrected chi connectivity index (χ3v) is 3.22. The van der Waals surface area contributed by atoms with Crippen molar-refractivity contribution in [2.75, 3.05) is 17.2 Å². The Morgan fingerprint density at radius 1 is 1.35 bits per heavy atom. The quantitative estimate of drug-likeness (QED) is 0.794. The predicted molar refractivity (Wildman–Crippen MR) is 68.8 cm³/mol. The minimum atomic E-state index is 0.850. The van der Waals surface area contributed by atoms with E-state index >= 15 is 0 Å². The number of nitrogen functional groups attached to an aromatic ring is 1. The number of aryl methyl sites for hydroxylation is 1. The third-order valence-electron chi connectivity index (χ3n) is 3.22. The van der Waals surface area contributed by atoms with Crippen LogP contribution in [0.2, 0.25) is 0 Å². The first-order valence-corrected chi connectivity index (χ1v) is 5.84. The van der Waals surface area contributed by atoms with Crippen molar-refractivity contribution in [2.45, 2.75) is 13.0 Å². The van der Waals surface area contributed by atoms with Gasteiger partial charge in [0.1, 0.15) is 0 Å². The number of nitrogens with zero attached hydrogens (tertiary/aromatic N) is 3. The number of hydrogen-bond donors (Lipinski definition) is 1. The lowest BCUT2D eigenvalue weighted by atomic mass is 10.1. The van der Waals surface area contributed by atoms with Crippen molar-refractivity contribution in [1.82, 2.24) is 9.78 Å². The molecule has 1 aromatic heterocycles. The summed E-state index contributed by atoms with van der Waals surface area (Å²) in [6.45, 7) is 1.92. The highest BCUT2D eigenvalue weighted by Gasteiger charge is 2.19. The number of anilines is 2. The van der Waals surface area contributed by atoms with E-state index in [4.69, 9.17) is 5.73 Å². The molecule has 17 heavy (non-hydrogen) atoms. The summed E-state index contributed by atoms with van der Waals surface area (Å²) < 4.78 is 1.84. The summed E-state index contributed by atoms with van der Waals surface area (Å²) in [5.74, 6) is 0. The molecule has 0 unspecified atom stereocenters. The molecule has 0 bridgehead atoms. The average molecular weight is 228 g/mol. The molecule has 4 heteroatoms. The van der Waals surface area contributed by atoms with Crippen LogP contribution in [-0.2, 0) is 20.0 Å². The summed E-state index contributed by atoms with van der Waals surface area (Å²) in [7, 11) is 1.95. The van der Waals surface area contributed by atoms with Crippen LogP contribution in [0.3, 0.4) is 0 Å². The fourth-order valence-corrected chi connectivity index (χ4v) is 2.40. The van der Waals surface area contributed by atoms with E-state index in [2.05, 4.69) is 28.2 Å². The Bertz CT molecular complexity index is 544. The molecule has 4 nitrogen and oxygen atoms in total. The lowest BCUT2D eigenvalue weighted by molar-refractivity contribution is 0.725. The summed E-state index contributed by atoms with van der Waals surface area (Å²) in [5.41, 5.74) is 10.4. The van der Waals surface area contributed by atoms with E-state index in [1.807, 2.05) is 24.0 Å². The first kappa shape index (κ1) is 10.2. The lowest BCUT2D eigenvalue weighted by Gasteiger charge is -2.17. The fourth-order valence-electron chi connectivity index (χ4n) is 2.40. The summed E-state index contributed by atoms with van der Waals surface area (Å²) in [4.78, 5) is 2.36. The Morgan fingerprint density at radius 2 is 2.24 bits per heavy atom. The van der Waals surface area contributed by atoms with Gasteiger partial charge in [-0.15, -0.1) is 0 Å². The normalized spacial score (nSPS) is 14.1. The molecule has 0 saturated heterocycles. The van der Waals surface area contributed by atoms with E-state index in [1.165, 1.54) is 11.3 Å². The van der Waals surface area contributed by atoms with Gasteiger partial charge in [0.15, 0.2) is 0 Å². The maximum Gasteiger partial charge on any atom is 0.0817 e. The number of aromatic nitrogens is 2. The molecule has 3 rings (SSSR count). The minimum absolute atomic E-state index is 0.850. The van der Waals surface area contributed by atoms with Gasteiger partial charge in [-0.1, -0.05) is 0 Å². The molecule has 2 heterocycles. The second-order valence-electron chi connectivity index (χ2n) is 4.54. The Kier molecular flexibility index (Phi) is 2.28. The van der Waals surface area contributed by atoms with Gasteiger partial charge in [0, 0.05) is 31.2 Å². The van der Waals surface area contributed by atoms with Gasteiger partial charge in [-0.05, 0) is 36.2 Å². The van der Waals surface area contributed by atoms with E-state index in [1.54, 1.807) is 0 Å². The van der Waals surface area contributed by atoms with Gasteiger partial charge in [0.2, 0.25) is 0 Å². The molecule has 1 aliphatic rings. The lowest BCUT2D eigenvalue weighted by Crippen LogP contribution is -2.20. The van der Waals surface area contributed by atoms with E-state index in [0.717, 1.165) is 30.9 Å². The highest BCUT2D eigenvalue weighted by molar-refractivity contribution is 5.62. The molecule has 0 atom stereocenters. The minimum Gasteiger partial charge on any atom is -0.399 e.